The zero-order chi connectivity index (χ0) is 19.6. The number of amides is 3. The van der Waals surface area contributed by atoms with Crippen molar-refractivity contribution in [2.24, 2.45) is 5.92 Å². The molecule has 0 radical (unpaired) electrons. The molecule has 3 rings (SSSR count). The van der Waals surface area contributed by atoms with E-state index in [4.69, 9.17) is 0 Å². The Bertz CT molecular complexity index is 856. The molecule has 0 unspecified atom stereocenters. The highest BCUT2D eigenvalue weighted by atomic mass is 32.1. The number of nitrogens with one attached hydrogen (secondary N) is 1. The van der Waals surface area contributed by atoms with Gasteiger partial charge >= 0.3 is 6.03 Å². The predicted molar refractivity (Wildman–Crippen MR) is 99.5 cm³/mol. The maximum absolute atomic E-state index is 13.9. The number of carbonyl (C=O) groups excluding carboxylic acids is 2. The lowest BCUT2D eigenvalue weighted by Crippen LogP contribution is -2.47. The summed E-state index contributed by atoms with van der Waals surface area (Å²) in [7, 11) is 3.35. The van der Waals surface area contributed by atoms with Gasteiger partial charge in [-0.2, -0.15) is 0 Å². The van der Waals surface area contributed by atoms with Gasteiger partial charge in [0.25, 0.3) is 0 Å². The molecule has 1 fully saturated rings. The second kappa shape index (κ2) is 7.99. The minimum Gasteiger partial charge on any atom is -0.331 e. The highest BCUT2D eigenvalue weighted by Gasteiger charge is 2.29. The van der Waals surface area contributed by atoms with Gasteiger partial charge in [0.05, 0.1) is 11.6 Å². The van der Waals surface area contributed by atoms with Crippen molar-refractivity contribution < 1.29 is 18.4 Å². The Morgan fingerprint density at radius 3 is 2.85 bits per heavy atom. The lowest BCUT2D eigenvalue weighted by Gasteiger charge is -2.33. The molecular weight excluding hydrogens is 374 g/mol. The Hall–Kier alpha value is -2.55. The van der Waals surface area contributed by atoms with Crippen LogP contribution in [0.25, 0.3) is 11.3 Å². The number of benzene rings is 1. The van der Waals surface area contributed by atoms with Gasteiger partial charge in [-0.3, -0.25) is 4.79 Å². The number of anilines is 1. The SMILES string of the molecule is CN(C)C(=O)N1CCC[C@@H](C(=O)Nc2nc(-c3cc(F)ccc3F)cs2)C1. The third-order valence-electron chi connectivity index (χ3n) is 4.38. The molecule has 2 heterocycles. The summed E-state index contributed by atoms with van der Waals surface area (Å²) in [6.07, 6.45) is 1.43. The maximum Gasteiger partial charge on any atom is 0.319 e. The summed E-state index contributed by atoms with van der Waals surface area (Å²) in [5.74, 6) is -1.70. The second-order valence-electron chi connectivity index (χ2n) is 6.61. The van der Waals surface area contributed by atoms with Crippen LogP contribution >= 0.6 is 11.3 Å². The van der Waals surface area contributed by atoms with Crippen LogP contribution in [0, 0.1) is 17.6 Å². The number of likely N-dealkylation sites (tertiary alicyclic amines) is 1. The average molecular weight is 394 g/mol. The van der Waals surface area contributed by atoms with Crippen molar-refractivity contribution in [2.45, 2.75) is 12.8 Å². The number of rotatable bonds is 3. The van der Waals surface area contributed by atoms with Gasteiger partial charge in [0.1, 0.15) is 11.6 Å². The van der Waals surface area contributed by atoms with E-state index in [0.717, 1.165) is 36.0 Å². The van der Waals surface area contributed by atoms with Crippen molar-refractivity contribution in [3.8, 4) is 11.3 Å². The molecule has 0 saturated carbocycles. The molecule has 1 aliphatic rings. The fourth-order valence-corrected chi connectivity index (χ4v) is 3.72. The van der Waals surface area contributed by atoms with E-state index in [2.05, 4.69) is 10.3 Å². The normalized spacial score (nSPS) is 16.9. The van der Waals surface area contributed by atoms with Crippen molar-refractivity contribution in [3.63, 3.8) is 0 Å². The summed E-state index contributed by atoms with van der Waals surface area (Å²) in [5.41, 5.74) is 0.313. The summed E-state index contributed by atoms with van der Waals surface area (Å²) in [6.45, 7) is 0.973. The van der Waals surface area contributed by atoms with Gasteiger partial charge in [0.15, 0.2) is 5.13 Å². The topological polar surface area (TPSA) is 65.5 Å². The van der Waals surface area contributed by atoms with Crippen molar-refractivity contribution in [1.82, 2.24) is 14.8 Å². The number of thiazole rings is 1. The molecule has 0 aliphatic carbocycles. The lowest BCUT2D eigenvalue weighted by atomic mass is 9.97. The Labute approximate surface area is 159 Å². The fourth-order valence-electron chi connectivity index (χ4n) is 3.00. The largest absolute Gasteiger partial charge is 0.331 e. The molecule has 1 aromatic heterocycles. The number of piperidine rings is 1. The number of nitrogens with zero attached hydrogens (tertiary/aromatic N) is 3. The third-order valence-corrected chi connectivity index (χ3v) is 5.14. The minimum absolute atomic E-state index is 0.0483. The van der Waals surface area contributed by atoms with Crippen LogP contribution in [-0.2, 0) is 4.79 Å². The molecule has 1 aromatic carbocycles. The van der Waals surface area contributed by atoms with Crippen LogP contribution in [0.4, 0.5) is 18.7 Å². The molecule has 0 spiro atoms. The van der Waals surface area contributed by atoms with Crippen LogP contribution in [0.15, 0.2) is 23.6 Å². The molecule has 2 aromatic rings. The number of hydrogen-bond donors (Lipinski definition) is 1. The van der Waals surface area contributed by atoms with Crippen molar-refractivity contribution >= 4 is 28.4 Å². The van der Waals surface area contributed by atoms with Crippen LogP contribution < -0.4 is 5.32 Å². The summed E-state index contributed by atoms with van der Waals surface area (Å²) in [4.78, 5) is 32.0. The molecular formula is C18H20F2N4O2S. The van der Waals surface area contributed by atoms with E-state index in [-0.39, 0.29) is 29.1 Å². The van der Waals surface area contributed by atoms with Gasteiger partial charge in [0.2, 0.25) is 5.91 Å². The minimum atomic E-state index is -0.579. The lowest BCUT2D eigenvalue weighted by molar-refractivity contribution is -0.121. The maximum atomic E-state index is 13.9. The highest BCUT2D eigenvalue weighted by Crippen LogP contribution is 2.28. The van der Waals surface area contributed by atoms with Gasteiger partial charge in [0, 0.05) is 38.1 Å². The molecule has 1 atom stereocenters. The van der Waals surface area contributed by atoms with Crippen LogP contribution in [0.2, 0.25) is 0 Å². The van der Waals surface area contributed by atoms with E-state index in [1.165, 1.54) is 4.90 Å². The van der Waals surface area contributed by atoms with Gasteiger partial charge in [-0.15, -0.1) is 11.3 Å². The van der Waals surface area contributed by atoms with Crippen LogP contribution in [0.1, 0.15) is 12.8 Å². The van der Waals surface area contributed by atoms with Crippen molar-refractivity contribution in [1.29, 1.82) is 0 Å². The first-order valence-corrected chi connectivity index (χ1v) is 9.41. The summed E-state index contributed by atoms with van der Waals surface area (Å²) in [6, 6.07) is 3.03. The number of urea groups is 1. The van der Waals surface area contributed by atoms with Gasteiger partial charge in [-0.25, -0.2) is 18.6 Å². The van der Waals surface area contributed by atoms with E-state index >= 15 is 0 Å². The van der Waals surface area contributed by atoms with Gasteiger partial charge in [-0.1, -0.05) is 0 Å². The molecule has 0 bridgehead atoms. The molecule has 1 aliphatic heterocycles. The fraction of sp³-hybridized carbons (Fsp3) is 0.389. The monoisotopic (exact) mass is 394 g/mol. The predicted octanol–water partition coefficient (Wildman–Crippen LogP) is 3.42. The Morgan fingerprint density at radius 2 is 2.11 bits per heavy atom. The molecule has 144 valence electrons. The van der Waals surface area contributed by atoms with Crippen LogP contribution in [0.5, 0.6) is 0 Å². The zero-order valence-corrected chi connectivity index (χ0v) is 15.9. The quantitative estimate of drug-likeness (QED) is 0.868. The van der Waals surface area contributed by atoms with Gasteiger partial charge < -0.3 is 15.1 Å². The molecule has 9 heteroatoms. The average Bonchev–Trinajstić information content (AvgIpc) is 3.11. The van der Waals surface area contributed by atoms with E-state index in [1.54, 1.807) is 24.4 Å². The van der Waals surface area contributed by atoms with Gasteiger partial charge in [-0.05, 0) is 31.0 Å². The van der Waals surface area contributed by atoms with E-state index < -0.39 is 11.6 Å². The summed E-state index contributed by atoms with van der Waals surface area (Å²) in [5, 5.41) is 4.61. The molecule has 1 saturated heterocycles. The second-order valence-corrected chi connectivity index (χ2v) is 7.47. The van der Waals surface area contributed by atoms with Crippen LogP contribution in [0.3, 0.4) is 0 Å². The Kier molecular flexibility index (Phi) is 5.69. The molecule has 27 heavy (non-hydrogen) atoms. The van der Waals surface area contributed by atoms with Crippen molar-refractivity contribution in [3.05, 3.63) is 35.2 Å². The van der Waals surface area contributed by atoms with Crippen molar-refractivity contribution in [2.75, 3.05) is 32.5 Å². The van der Waals surface area contributed by atoms with Crippen LogP contribution in [-0.4, -0.2) is 53.9 Å². The Balaban J connectivity index is 1.67. The summed E-state index contributed by atoms with van der Waals surface area (Å²) < 4.78 is 27.2. The first-order valence-electron chi connectivity index (χ1n) is 8.53. The number of halogens is 2. The molecule has 1 N–H and O–H groups in total. The van der Waals surface area contributed by atoms with E-state index in [0.29, 0.717) is 24.6 Å². The first-order chi connectivity index (χ1) is 12.8. The highest BCUT2D eigenvalue weighted by molar-refractivity contribution is 7.14. The standard InChI is InChI=1S/C18H20F2N4O2S/c1-23(2)18(26)24-7-3-4-11(9-24)16(25)22-17-21-15(10-27-17)13-8-12(19)5-6-14(13)20/h5-6,8,10-11H,3-4,7,9H2,1-2H3,(H,21,22,25)/t11-/m1/s1. The summed E-state index contributed by atoms with van der Waals surface area (Å²) >= 11 is 1.14. The molecule has 6 nitrogen and oxygen atoms in total. The van der Waals surface area contributed by atoms with E-state index in [9.17, 15) is 18.4 Å². The smallest absolute Gasteiger partial charge is 0.319 e. The van der Waals surface area contributed by atoms with E-state index in [1.807, 2.05) is 0 Å². The number of aromatic nitrogens is 1. The number of carbonyl (C=O) groups is 2. The third kappa shape index (κ3) is 4.41. The zero-order valence-electron chi connectivity index (χ0n) is 15.0. The molecule has 3 amide bonds. The Morgan fingerprint density at radius 1 is 1.33 bits per heavy atom. The number of hydrogen-bond acceptors (Lipinski definition) is 4. The first kappa shape index (κ1) is 19.2.